The smallest absolute Gasteiger partial charge is 0.364 e. The highest BCUT2D eigenvalue weighted by atomic mass is 35.7. The fraction of sp³-hybridized carbons (Fsp3) is 0. The van der Waals surface area contributed by atoms with Gasteiger partial charge < -0.3 is 4.42 Å². The van der Waals surface area contributed by atoms with Gasteiger partial charge in [0.1, 0.15) is 12.0 Å². The van der Waals surface area contributed by atoms with Gasteiger partial charge in [-0.3, -0.25) is 0 Å². The van der Waals surface area contributed by atoms with E-state index >= 15 is 0 Å². The van der Waals surface area contributed by atoms with Gasteiger partial charge in [-0.25, -0.2) is 18.6 Å². The predicted molar refractivity (Wildman–Crippen MR) is 70.4 cm³/mol. The zero-order chi connectivity index (χ0) is 17.2. The van der Waals surface area contributed by atoms with Crippen molar-refractivity contribution in [3.05, 3.63) is 60.8 Å². The van der Waals surface area contributed by atoms with E-state index in [0.717, 1.165) is 22.5 Å². The molecule has 0 saturated carbocycles. The Bertz CT molecular complexity index is 911. The maximum absolute atomic E-state index is 8.49. The molecule has 0 amide bonds. The van der Waals surface area contributed by atoms with Crippen molar-refractivity contribution in [2.75, 3.05) is 0 Å². The molecular weight excluding hydrogens is 338 g/mol. The van der Waals surface area contributed by atoms with E-state index in [1.807, 2.05) is 60.8 Å². The van der Waals surface area contributed by atoms with Crippen molar-refractivity contribution in [3.8, 4) is 11.3 Å². The Morgan fingerprint density at radius 1 is 0.917 bits per heavy atom. The van der Waals surface area contributed by atoms with Gasteiger partial charge in [0.25, 0.3) is 0 Å². The van der Waals surface area contributed by atoms with Gasteiger partial charge in [-0.05, 0) is 6.07 Å². The van der Waals surface area contributed by atoms with E-state index in [1.54, 1.807) is 4.52 Å². The van der Waals surface area contributed by atoms with Crippen LogP contribution in [0.15, 0.2) is 65.2 Å². The van der Waals surface area contributed by atoms with E-state index < -0.39 is 10.2 Å². The predicted octanol–water partition coefficient (Wildman–Crippen LogP) is -2.13. The van der Waals surface area contributed by atoms with Crippen LogP contribution in [-0.2, 0) is 0 Å². The second-order valence-electron chi connectivity index (χ2n) is 4.66. The first-order valence-electron chi connectivity index (χ1n) is 6.65. The van der Waals surface area contributed by atoms with Crippen molar-refractivity contribution in [1.82, 2.24) is 10.1 Å². The topological polar surface area (TPSA) is 135 Å². The summed E-state index contributed by atoms with van der Waals surface area (Å²) in [6, 6.07) is 17.6. The second kappa shape index (κ2) is 6.48. The van der Waals surface area contributed by atoms with Crippen LogP contribution in [0.4, 0.5) is 0 Å². The summed E-state index contributed by atoms with van der Waals surface area (Å²) in [5, 5.41) is 4.48. The molecule has 0 unspecified atom stereocenters. The van der Waals surface area contributed by atoms with E-state index in [2.05, 4.69) is 10.1 Å². The Kier molecular flexibility index (Phi) is 4.38. The highest BCUT2D eigenvalue weighted by Crippen LogP contribution is 2.24. The van der Waals surface area contributed by atoms with Crippen molar-refractivity contribution in [3.63, 3.8) is 0 Å². The Labute approximate surface area is 137 Å². The molecule has 8 nitrogen and oxygen atoms in total. The van der Waals surface area contributed by atoms with Crippen LogP contribution in [0.5, 0.6) is 0 Å². The first-order valence-corrected chi connectivity index (χ1v) is 7.89. The lowest BCUT2D eigenvalue weighted by molar-refractivity contribution is -2.00. The molecule has 24 heavy (non-hydrogen) atoms. The Morgan fingerprint density at radius 2 is 1.58 bits per heavy atom. The minimum Gasteiger partial charge on any atom is -0.418 e. The zero-order valence-electron chi connectivity index (χ0n) is 12.0. The fourth-order valence-corrected chi connectivity index (χ4v) is 2.09. The van der Waals surface area contributed by atoms with Gasteiger partial charge in [0.2, 0.25) is 5.52 Å². The highest BCUT2D eigenvalue weighted by molar-refractivity contribution is 5.76. The Morgan fingerprint density at radius 3 is 2.29 bits per heavy atom. The summed E-state index contributed by atoms with van der Waals surface area (Å²) in [4.78, 5) is 4.46. The second-order valence-corrected chi connectivity index (χ2v) is 5.42. The van der Waals surface area contributed by atoms with Crippen LogP contribution >= 0.6 is 0 Å². The van der Waals surface area contributed by atoms with Gasteiger partial charge in [0, 0.05) is 22.7 Å². The normalized spacial score (nSPS) is 11.3. The lowest BCUT2D eigenvalue weighted by atomic mass is 10.2. The number of nitrogens with zero attached hydrogens (tertiary/aromatic N) is 3. The summed E-state index contributed by atoms with van der Waals surface area (Å²) in [5.41, 5.74) is 3.10. The fourth-order valence-electron chi connectivity index (χ4n) is 2.09. The Hall–Kier alpha value is -2.62. The number of fused-ring (bicyclic) bond motifs is 2. The first kappa shape index (κ1) is 16.2. The van der Waals surface area contributed by atoms with Crippen LogP contribution < -0.4 is 23.2 Å². The molecule has 3 aromatic heterocycles. The molecular formula is C15H10ClN3O5. The van der Waals surface area contributed by atoms with Crippen molar-refractivity contribution in [2.45, 2.75) is 0 Å². The molecule has 0 aliphatic rings. The third kappa shape index (κ3) is 4.02. The van der Waals surface area contributed by atoms with E-state index in [9.17, 15) is 0 Å². The quantitative estimate of drug-likeness (QED) is 0.359. The first-order chi connectivity index (χ1) is 11.4. The lowest BCUT2D eigenvalue weighted by Crippen LogP contribution is -2.68. The van der Waals surface area contributed by atoms with E-state index in [4.69, 9.17) is 23.1 Å². The van der Waals surface area contributed by atoms with Gasteiger partial charge in [-0.15, -0.1) is 14.8 Å². The lowest BCUT2D eigenvalue weighted by Gasteiger charge is -2.17. The van der Waals surface area contributed by atoms with Crippen molar-refractivity contribution < 1.29 is 37.8 Å². The minimum atomic E-state index is -4.94. The number of rotatable bonds is 1. The molecule has 0 aliphatic carbocycles. The number of hydrogen-bond acceptors (Lipinski definition) is 7. The standard InChI is InChI=1S/C15H10N3O.ClHO4/c1-2-6-11(7-3-1)13-10-12-15(19-13)16-14-8-4-5-9-18(14)17-12;2-1(3,4)5/h1-10H;(H,2,3,4,5)/q+1;/p-1. The molecule has 0 saturated heterocycles. The minimum absolute atomic E-state index is 0.560. The maximum Gasteiger partial charge on any atom is 0.364 e. The number of hydrogen-bond donors (Lipinski definition) is 0. The summed E-state index contributed by atoms with van der Waals surface area (Å²) < 4.78 is 41.5. The zero-order valence-corrected chi connectivity index (χ0v) is 12.8. The van der Waals surface area contributed by atoms with Gasteiger partial charge in [0.15, 0.2) is 0 Å². The van der Waals surface area contributed by atoms with Gasteiger partial charge in [-0.2, -0.15) is 0 Å². The molecule has 3 heterocycles. The van der Waals surface area contributed by atoms with Crippen molar-refractivity contribution in [2.24, 2.45) is 0 Å². The third-order valence-corrected chi connectivity index (χ3v) is 3.00. The van der Waals surface area contributed by atoms with Crippen LogP contribution in [0.1, 0.15) is 0 Å². The molecule has 122 valence electrons. The van der Waals surface area contributed by atoms with Crippen LogP contribution in [0.25, 0.3) is 28.2 Å². The molecule has 9 heteroatoms. The van der Waals surface area contributed by atoms with E-state index in [1.165, 1.54) is 0 Å². The average molecular weight is 348 g/mol. The summed E-state index contributed by atoms with van der Waals surface area (Å²) in [6.45, 7) is 0. The molecule has 0 bridgehead atoms. The molecule has 0 N–H and O–H groups in total. The molecule has 0 aliphatic heterocycles. The summed E-state index contributed by atoms with van der Waals surface area (Å²) in [7, 11) is -4.94. The maximum atomic E-state index is 8.49. The van der Waals surface area contributed by atoms with E-state index in [-0.39, 0.29) is 0 Å². The van der Waals surface area contributed by atoms with Crippen molar-refractivity contribution in [1.29, 1.82) is 0 Å². The molecule has 4 rings (SSSR count). The molecule has 0 atom stereocenters. The van der Waals surface area contributed by atoms with Crippen LogP contribution in [0.2, 0.25) is 0 Å². The van der Waals surface area contributed by atoms with Crippen molar-refractivity contribution >= 4 is 16.9 Å². The molecule has 1 aromatic carbocycles. The number of aromatic nitrogens is 3. The summed E-state index contributed by atoms with van der Waals surface area (Å²) >= 11 is 0. The number of halogens is 1. The number of benzene rings is 1. The van der Waals surface area contributed by atoms with Crippen LogP contribution in [-0.4, -0.2) is 10.1 Å². The highest BCUT2D eigenvalue weighted by Gasteiger charge is 2.15. The van der Waals surface area contributed by atoms with Crippen LogP contribution in [0, 0.1) is 10.2 Å². The number of pyridine rings is 1. The van der Waals surface area contributed by atoms with E-state index in [0.29, 0.717) is 5.71 Å². The largest absolute Gasteiger partial charge is 0.418 e. The molecule has 0 spiro atoms. The average Bonchev–Trinajstić information content (AvgIpc) is 2.94. The van der Waals surface area contributed by atoms with Gasteiger partial charge in [0.05, 0.1) is 0 Å². The van der Waals surface area contributed by atoms with Gasteiger partial charge >= 0.3 is 11.4 Å². The summed E-state index contributed by atoms with van der Waals surface area (Å²) in [6.07, 6.45) is 1.87. The molecule has 0 radical (unpaired) electrons. The third-order valence-electron chi connectivity index (χ3n) is 3.00. The number of furan rings is 1. The molecule has 4 aromatic rings. The monoisotopic (exact) mass is 347 g/mol. The summed E-state index contributed by atoms with van der Waals surface area (Å²) in [5.74, 6) is 0.784. The van der Waals surface area contributed by atoms with Crippen LogP contribution in [0.3, 0.4) is 0 Å². The Balaban J connectivity index is 0.000000300. The SMILES string of the molecule is [O-][Cl+3]([O-])([O-])[O-].c1ccc(-c2cc3n[n+]4ccccc4nc3o2)cc1. The molecule has 0 fully saturated rings. The van der Waals surface area contributed by atoms with Gasteiger partial charge in [-0.1, -0.05) is 41.5 Å².